The number of aldehydes is 1. The summed E-state index contributed by atoms with van der Waals surface area (Å²) < 4.78 is 11.8. The molecular formula is C32H44N2O7. The van der Waals surface area contributed by atoms with Crippen molar-refractivity contribution in [1.82, 2.24) is 10.2 Å². The van der Waals surface area contributed by atoms with Crippen molar-refractivity contribution in [2.24, 2.45) is 23.2 Å². The van der Waals surface area contributed by atoms with E-state index in [1.807, 2.05) is 6.92 Å². The molecule has 2 bridgehead atoms. The van der Waals surface area contributed by atoms with Crippen LogP contribution >= 0.6 is 0 Å². The number of carbonyl (C=O) groups is 3. The van der Waals surface area contributed by atoms with Crippen LogP contribution in [0.15, 0.2) is 23.8 Å². The molecular weight excluding hydrogens is 524 g/mol. The molecule has 1 aliphatic heterocycles. The van der Waals surface area contributed by atoms with Crippen LogP contribution in [0.4, 0.5) is 0 Å². The Bertz CT molecular complexity index is 1210. The third-order valence-electron chi connectivity index (χ3n) is 10.3. The summed E-state index contributed by atoms with van der Waals surface area (Å²) in [4.78, 5) is 40.8. The van der Waals surface area contributed by atoms with Crippen molar-refractivity contribution in [3.05, 3.63) is 34.9 Å². The second-order valence-corrected chi connectivity index (χ2v) is 12.7. The average Bonchev–Trinajstić information content (AvgIpc) is 3.37. The maximum absolute atomic E-state index is 13.8. The number of carbonyl (C=O) groups excluding carboxylic acids is 3. The molecule has 41 heavy (non-hydrogen) atoms. The number of amides is 2. The molecule has 3 fully saturated rings. The number of nitrogens with one attached hydrogen (secondary N) is 1. The van der Waals surface area contributed by atoms with Crippen LogP contribution in [0.5, 0.6) is 11.5 Å². The lowest BCUT2D eigenvalue weighted by atomic mass is 9.45. The molecule has 1 heterocycles. The molecule has 7 atom stereocenters. The maximum Gasteiger partial charge on any atom is 0.247 e. The van der Waals surface area contributed by atoms with Crippen molar-refractivity contribution >= 4 is 18.1 Å². The van der Waals surface area contributed by atoms with Crippen LogP contribution in [0, 0.1) is 23.2 Å². The molecule has 0 radical (unpaired) electrons. The number of methoxy groups -OCH3 is 1. The lowest BCUT2D eigenvalue weighted by molar-refractivity contribution is -0.146. The SMILES string of the molecule is CCCCC(=O)N(C[C@@H]1CC[C@H]2C[C@@H]1C2(C)C)[C@@H]1C=C(C(=O)NCCO)[C@@H]2c3cc(C=O)cc(OC)c3O[C@@H]2[C@H]1O. The Morgan fingerprint density at radius 1 is 1.27 bits per heavy atom. The Labute approximate surface area is 242 Å². The van der Waals surface area contributed by atoms with Gasteiger partial charge in [0.2, 0.25) is 11.8 Å². The molecule has 5 aliphatic rings. The normalized spacial score (nSPS) is 30.6. The van der Waals surface area contributed by atoms with Gasteiger partial charge in [-0.05, 0) is 67.1 Å². The predicted octanol–water partition coefficient (Wildman–Crippen LogP) is 3.22. The number of unbranched alkanes of at least 4 members (excludes halogenated alkanes) is 1. The fourth-order valence-corrected chi connectivity index (χ4v) is 7.85. The van der Waals surface area contributed by atoms with Gasteiger partial charge < -0.3 is 29.9 Å². The number of hydrogen-bond donors (Lipinski definition) is 3. The lowest BCUT2D eigenvalue weighted by Crippen LogP contribution is -2.59. The number of aliphatic hydroxyl groups excluding tert-OH is 2. The Kier molecular flexibility index (Phi) is 8.48. The number of aliphatic hydroxyl groups is 2. The van der Waals surface area contributed by atoms with Crippen molar-refractivity contribution in [2.75, 3.05) is 26.8 Å². The highest BCUT2D eigenvalue weighted by Crippen LogP contribution is 2.61. The first-order valence-electron chi connectivity index (χ1n) is 15.1. The highest BCUT2D eigenvalue weighted by molar-refractivity contribution is 5.96. The van der Waals surface area contributed by atoms with Gasteiger partial charge in [0.05, 0.1) is 25.7 Å². The van der Waals surface area contributed by atoms with Crippen LogP contribution in [0.3, 0.4) is 0 Å². The standard InChI is InChI=1S/C32H44N2O7/c1-5-6-7-26(37)34(16-19-8-9-20-14-23(19)32(20,2)3)24-15-22(31(39)33-10-11-35)27-21-12-18(17-36)13-25(40-4)29(21)41-30(27)28(24)38/h12-13,15,17,19-20,23-24,27-28,30,35,38H,5-11,14,16H2,1-4H3,(H,33,39)/t19-,20-,23-,24+,27-,28-,30-/m0/s1. The lowest BCUT2D eigenvalue weighted by Gasteiger charge is -2.61. The van der Waals surface area contributed by atoms with Gasteiger partial charge in [0.15, 0.2) is 11.5 Å². The van der Waals surface area contributed by atoms with Gasteiger partial charge in [0.25, 0.3) is 0 Å². The summed E-state index contributed by atoms with van der Waals surface area (Å²) in [5, 5.41) is 24.0. The molecule has 9 nitrogen and oxygen atoms in total. The van der Waals surface area contributed by atoms with Crippen molar-refractivity contribution in [1.29, 1.82) is 0 Å². The van der Waals surface area contributed by atoms with Gasteiger partial charge in [0, 0.05) is 36.2 Å². The summed E-state index contributed by atoms with van der Waals surface area (Å²) in [6, 6.07) is 2.47. The zero-order chi connectivity index (χ0) is 29.5. The summed E-state index contributed by atoms with van der Waals surface area (Å²) in [7, 11) is 1.48. The van der Waals surface area contributed by atoms with E-state index in [4.69, 9.17) is 9.47 Å². The zero-order valence-electron chi connectivity index (χ0n) is 24.6. The topological polar surface area (TPSA) is 125 Å². The maximum atomic E-state index is 13.8. The number of rotatable bonds is 11. The third kappa shape index (κ3) is 5.16. The fraction of sp³-hybridized carbons (Fsp3) is 0.656. The first kappa shape index (κ1) is 29.6. The van der Waals surface area contributed by atoms with Crippen molar-refractivity contribution in [2.45, 2.75) is 83.5 Å². The minimum atomic E-state index is -1.11. The predicted molar refractivity (Wildman–Crippen MR) is 153 cm³/mol. The zero-order valence-corrected chi connectivity index (χ0v) is 24.6. The molecule has 224 valence electrons. The van der Waals surface area contributed by atoms with Gasteiger partial charge in [0.1, 0.15) is 18.5 Å². The van der Waals surface area contributed by atoms with E-state index in [0.29, 0.717) is 59.3 Å². The molecule has 0 saturated heterocycles. The van der Waals surface area contributed by atoms with Crippen molar-refractivity contribution in [3.8, 4) is 11.5 Å². The van der Waals surface area contributed by atoms with E-state index in [2.05, 4.69) is 19.2 Å². The molecule has 1 aromatic rings. The number of hydrogen-bond acceptors (Lipinski definition) is 7. The Morgan fingerprint density at radius 2 is 2.05 bits per heavy atom. The molecule has 3 saturated carbocycles. The van der Waals surface area contributed by atoms with Gasteiger partial charge in [-0.1, -0.05) is 27.2 Å². The van der Waals surface area contributed by atoms with Crippen molar-refractivity contribution in [3.63, 3.8) is 0 Å². The second-order valence-electron chi connectivity index (χ2n) is 12.7. The number of nitrogens with zero attached hydrogens (tertiary/aromatic N) is 1. The fourth-order valence-electron chi connectivity index (χ4n) is 7.85. The number of fused-ring (bicyclic) bond motifs is 5. The molecule has 2 amide bonds. The first-order valence-corrected chi connectivity index (χ1v) is 15.1. The first-order chi connectivity index (χ1) is 19.7. The van der Waals surface area contributed by atoms with Gasteiger partial charge in [-0.3, -0.25) is 14.4 Å². The second kappa shape index (κ2) is 11.8. The molecule has 1 aromatic carbocycles. The summed E-state index contributed by atoms with van der Waals surface area (Å²) in [6.45, 7) is 7.06. The van der Waals surface area contributed by atoms with Crippen LogP contribution in [-0.2, 0) is 9.59 Å². The van der Waals surface area contributed by atoms with Gasteiger partial charge in [-0.25, -0.2) is 0 Å². The van der Waals surface area contributed by atoms with Crippen LogP contribution in [0.1, 0.15) is 81.1 Å². The van der Waals surface area contributed by atoms with E-state index in [1.165, 1.54) is 13.5 Å². The monoisotopic (exact) mass is 568 g/mol. The Hall–Kier alpha value is -2.91. The molecule has 0 aromatic heterocycles. The van der Waals surface area contributed by atoms with Crippen molar-refractivity contribution < 1.29 is 34.1 Å². The van der Waals surface area contributed by atoms with E-state index >= 15 is 0 Å². The van der Waals surface area contributed by atoms with E-state index < -0.39 is 30.1 Å². The molecule has 0 spiro atoms. The minimum Gasteiger partial charge on any atom is -0.493 e. The van der Waals surface area contributed by atoms with Gasteiger partial charge in [-0.15, -0.1) is 0 Å². The number of ether oxygens (including phenoxy) is 2. The molecule has 6 rings (SSSR count). The van der Waals surface area contributed by atoms with Crippen LogP contribution in [0.2, 0.25) is 0 Å². The van der Waals surface area contributed by atoms with E-state index in [9.17, 15) is 24.6 Å². The van der Waals surface area contributed by atoms with Crippen LogP contribution in [-0.4, -0.2) is 78.3 Å². The quantitative estimate of drug-likeness (QED) is 0.350. The molecule has 9 heteroatoms. The largest absolute Gasteiger partial charge is 0.493 e. The summed E-state index contributed by atoms with van der Waals surface area (Å²) >= 11 is 0. The summed E-state index contributed by atoms with van der Waals surface area (Å²) in [5.41, 5.74) is 1.54. The Morgan fingerprint density at radius 3 is 2.68 bits per heavy atom. The van der Waals surface area contributed by atoms with E-state index in [1.54, 1.807) is 23.1 Å². The van der Waals surface area contributed by atoms with Crippen LogP contribution in [0.25, 0.3) is 0 Å². The number of benzene rings is 1. The highest BCUT2D eigenvalue weighted by Gasteiger charge is 2.56. The average molecular weight is 569 g/mol. The van der Waals surface area contributed by atoms with Gasteiger partial charge >= 0.3 is 0 Å². The molecule has 3 N–H and O–H groups in total. The van der Waals surface area contributed by atoms with E-state index in [0.717, 1.165) is 31.6 Å². The van der Waals surface area contributed by atoms with Gasteiger partial charge in [-0.2, -0.15) is 0 Å². The van der Waals surface area contributed by atoms with E-state index in [-0.39, 0.29) is 24.5 Å². The van der Waals surface area contributed by atoms with Crippen LogP contribution < -0.4 is 14.8 Å². The third-order valence-corrected chi connectivity index (χ3v) is 10.3. The Balaban J connectivity index is 1.55. The highest BCUT2D eigenvalue weighted by atomic mass is 16.5. The smallest absolute Gasteiger partial charge is 0.247 e. The summed E-state index contributed by atoms with van der Waals surface area (Å²) in [5.74, 6) is 1.19. The summed E-state index contributed by atoms with van der Waals surface area (Å²) in [6.07, 6.45) is 5.82. The minimum absolute atomic E-state index is 0.0312. The molecule has 4 aliphatic carbocycles. The molecule has 0 unspecified atom stereocenters.